The number of hydrogen-bond acceptors (Lipinski definition) is 2. The maximum atomic E-state index is 13.6. The second-order valence-electron chi connectivity index (χ2n) is 4.28. The largest absolute Gasteiger partial charge is 0.478 e. The van der Waals surface area contributed by atoms with Crippen LogP contribution in [0.3, 0.4) is 0 Å². The van der Waals surface area contributed by atoms with E-state index in [1.807, 2.05) is 0 Å². The Kier molecular flexibility index (Phi) is 4.55. The smallest absolute Gasteiger partial charge is 0.335 e. The van der Waals surface area contributed by atoms with Gasteiger partial charge in [0.25, 0.3) is 5.91 Å². The Labute approximate surface area is 125 Å². The number of halogens is 2. The molecule has 2 aromatic carbocycles. The van der Waals surface area contributed by atoms with Crippen molar-refractivity contribution in [1.29, 1.82) is 0 Å². The first-order valence-corrected chi connectivity index (χ1v) is 6.41. The Morgan fingerprint density at radius 1 is 1.14 bits per heavy atom. The number of amides is 1. The minimum Gasteiger partial charge on any atom is -0.478 e. The van der Waals surface area contributed by atoms with Gasteiger partial charge in [-0.05, 0) is 29.8 Å². The van der Waals surface area contributed by atoms with Crippen LogP contribution >= 0.6 is 11.6 Å². The molecule has 1 amide bonds. The van der Waals surface area contributed by atoms with Gasteiger partial charge in [0.1, 0.15) is 5.82 Å². The number of carbonyl (C=O) groups is 2. The molecule has 0 fully saturated rings. The predicted molar refractivity (Wildman–Crippen MR) is 76.0 cm³/mol. The molecule has 0 aromatic heterocycles. The van der Waals surface area contributed by atoms with Gasteiger partial charge in [0.05, 0.1) is 16.1 Å². The maximum Gasteiger partial charge on any atom is 0.335 e. The van der Waals surface area contributed by atoms with E-state index < -0.39 is 17.7 Å². The molecule has 0 saturated carbocycles. The van der Waals surface area contributed by atoms with Crippen LogP contribution in [0.5, 0.6) is 0 Å². The molecule has 0 aliphatic rings. The molecular weight excluding hydrogens is 297 g/mol. The van der Waals surface area contributed by atoms with Gasteiger partial charge in [-0.2, -0.15) is 0 Å². The van der Waals surface area contributed by atoms with E-state index in [1.54, 1.807) is 12.1 Å². The fourth-order valence-corrected chi connectivity index (χ4v) is 2.00. The highest BCUT2D eigenvalue weighted by molar-refractivity contribution is 6.33. The van der Waals surface area contributed by atoms with Crippen LogP contribution in [0.2, 0.25) is 5.02 Å². The van der Waals surface area contributed by atoms with E-state index in [0.717, 1.165) is 6.07 Å². The van der Waals surface area contributed by atoms with E-state index >= 15 is 0 Å². The summed E-state index contributed by atoms with van der Waals surface area (Å²) in [6.45, 7) is 0.142. The van der Waals surface area contributed by atoms with E-state index in [-0.39, 0.29) is 22.7 Å². The highest BCUT2D eigenvalue weighted by Gasteiger charge is 2.15. The lowest BCUT2D eigenvalue weighted by atomic mass is 10.1. The Morgan fingerprint density at radius 3 is 2.38 bits per heavy atom. The van der Waals surface area contributed by atoms with Crippen molar-refractivity contribution in [3.8, 4) is 0 Å². The average Bonchev–Trinajstić information content (AvgIpc) is 2.45. The Hall–Kier alpha value is -2.40. The summed E-state index contributed by atoms with van der Waals surface area (Å²) in [4.78, 5) is 22.6. The molecule has 2 aromatic rings. The Morgan fingerprint density at radius 2 is 1.81 bits per heavy atom. The van der Waals surface area contributed by atoms with Crippen molar-refractivity contribution in [2.24, 2.45) is 0 Å². The van der Waals surface area contributed by atoms with Gasteiger partial charge in [0.2, 0.25) is 0 Å². The van der Waals surface area contributed by atoms with Crippen LogP contribution in [-0.2, 0) is 6.54 Å². The molecule has 4 nitrogen and oxygen atoms in total. The molecule has 0 unspecified atom stereocenters. The fourth-order valence-electron chi connectivity index (χ4n) is 1.75. The van der Waals surface area contributed by atoms with Crippen molar-refractivity contribution < 1.29 is 19.1 Å². The fraction of sp³-hybridized carbons (Fsp3) is 0.0667. The van der Waals surface area contributed by atoms with Gasteiger partial charge in [-0.25, -0.2) is 9.18 Å². The molecule has 2 rings (SSSR count). The van der Waals surface area contributed by atoms with E-state index in [4.69, 9.17) is 16.7 Å². The molecule has 2 N–H and O–H groups in total. The molecular formula is C15H11ClFNO3. The first-order valence-electron chi connectivity index (χ1n) is 6.03. The van der Waals surface area contributed by atoms with Crippen LogP contribution in [0.15, 0.2) is 42.5 Å². The summed E-state index contributed by atoms with van der Waals surface area (Å²) >= 11 is 5.80. The maximum absolute atomic E-state index is 13.6. The van der Waals surface area contributed by atoms with Gasteiger partial charge in [0, 0.05) is 6.54 Å². The highest BCUT2D eigenvalue weighted by atomic mass is 35.5. The molecule has 0 spiro atoms. The van der Waals surface area contributed by atoms with E-state index in [9.17, 15) is 14.0 Å². The molecule has 0 radical (unpaired) electrons. The minimum atomic E-state index is -1.02. The van der Waals surface area contributed by atoms with Crippen molar-refractivity contribution in [1.82, 2.24) is 5.32 Å². The molecule has 0 aliphatic heterocycles. The summed E-state index contributed by atoms with van der Waals surface area (Å²) in [5.74, 6) is -2.34. The summed E-state index contributed by atoms with van der Waals surface area (Å²) in [6.07, 6.45) is 0. The first-order chi connectivity index (χ1) is 9.99. The van der Waals surface area contributed by atoms with Crippen molar-refractivity contribution in [2.45, 2.75) is 6.54 Å². The number of carboxylic acid groups (broad SMARTS) is 1. The van der Waals surface area contributed by atoms with Gasteiger partial charge in [0.15, 0.2) is 0 Å². The summed E-state index contributed by atoms with van der Waals surface area (Å²) < 4.78 is 13.6. The monoisotopic (exact) mass is 307 g/mol. The lowest BCUT2D eigenvalue weighted by Crippen LogP contribution is -2.24. The minimum absolute atomic E-state index is 0.0359. The number of carbonyl (C=O) groups excluding carboxylic acids is 1. The third kappa shape index (κ3) is 3.58. The molecule has 0 atom stereocenters. The topological polar surface area (TPSA) is 66.4 Å². The normalized spacial score (nSPS) is 10.2. The molecule has 0 bridgehead atoms. The van der Waals surface area contributed by atoms with Crippen LogP contribution in [-0.4, -0.2) is 17.0 Å². The quantitative estimate of drug-likeness (QED) is 0.912. The van der Waals surface area contributed by atoms with Gasteiger partial charge >= 0.3 is 5.97 Å². The van der Waals surface area contributed by atoms with Crippen LogP contribution in [0.4, 0.5) is 4.39 Å². The van der Waals surface area contributed by atoms with E-state index in [1.165, 1.54) is 24.3 Å². The van der Waals surface area contributed by atoms with Crippen molar-refractivity contribution in [3.05, 3.63) is 70.0 Å². The summed E-state index contributed by atoms with van der Waals surface area (Å²) in [6, 6.07) is 10.0. The van der Waals surface area contributed by atoms with Crippen LogP contribution in [0.25, 0.3) is 0 Å². The highest BCUT2D eigenvalue weighted by Crippen LogP contribution is 2.18. The van der Waals surface area contributed by atoms with Gasteiger partial charge in [-0.1, -0.05) is 29.8 Å². The Balaban J connectivity index is 2.06. The van der Waals surface area contributed by atoms with Gasteiger partial charge < -0.3 is 10.4 Å². The third-order valence-electron chi connectivity index (χ3n) is 2.84. The summed E-state index contributed by atoms with van der Waals surface area (Å²) in [5.41, 5.74) is 0.643. The predicted octanol–water partition coefficient (Wildman–Crippen LogP) is 3.11. The molecule has 108 valence electrons. The molecule has 0 saturated heterocycles. The number of benzene rings is 2. The van der Waals surface area contributed by atoms with Crippen LogP contribution in [0, 0.1) is 5.82 Å². The van der Waals surface area contributed by atoms with E-state index in [2.05, 4.69) is 5.32 Å². The third-order valence-corrected chi connectivity index (χ3v) is 3.16. The van der Waals surface area contributed by atoms with Crippen molar-refractivity contribution in [2.75, 3.05) is 0 Å². The zero-order chi connectivity index (χ0) is 15.4. The first kappa shape index (κ1) is 15.0. The second kappa shape index (κ2) is 6.37. The summed E-state index contributed by atoms with van der Waals surface area (Å²) in [5, 5.41) is 11.3. The Bertz CT molecular complexity index is 666. The number of rotatable bonds is 4. The summed E-state index contributed by atoms with van der Waals surface area (Å²) in [7, 11) is 0. The number of carboxylic acids is 1. The average molecular weight is 308 g/mol. The molecule has 0 heterocycles. The van der Waals surface area contributed by atoms with Gasteiger partial charge in [-0.15, -0.1) is 0 Å². The SMILES string of the molecule is O=C(O)c1ccc(CNC(=O)c2c(F)cccc2Cl)cc1. The zero-order valence-electron chi connectivity index (χ0n) is 10.8. The van der Waals surface area contributed by atoms with Crippen molar-refractivity contribution >= 4 is 23.5 Å². The lowest BCUT2D eigenvalue weighted by molar-refractivity contribution is 0.0696. The molecule has 0 aliphatic carbocycles. The van der Waals surface area contributed by atoms with Crippen LogP contribution < -0.4 is 5.32 Å². The number of aromatic carboxylic acids is 1. The number of nitrogens with one attached hydrogen (secondary N) is 1. The van der Waals surface area contributed by atoms with Crippen LogP contribution in [0.1, 0.15) is 26.3 Å². The lowest BCUT2D eigenvalue weighted by Gasteiger charge is -2.08. The zero-order valence-corrected chi connectivity index (χ0v) is 11.5. The van der Waals surface area contributed by atoms with Crippen molar-refractivity contribution in [3.63, 3.8) is 0 Å². The molecule has 21 heavy (non-hydrogen) atoms. The molecule has 6 heteroatoms. The standard InChI is InChI=1S/C15H11ClFNO3/c16-11-2-1-3-12(17)13(11)14(19)18-8-9-4-6-10(7-5-9)15(20)21/h1-7H,8H2,(H,18,19)(H,20,21). The van der Waals surface area contributed by atoms with Gasteiger partial charge in [-0.3, -0.25) is 4.79 Å². The second-order valence-corrected chi connectivity index (χ2v) is 4.69. The number of hydrogen-bond donors (Lipinski definition) is 2. The van der Waals surface area contributed by atoms with E-state index in [0.29, 0.717) is 5.56 Å².